The Balaban J connectivity index is 2.98. The van der Waals surface area contributed by atoms with Crippen molar-refractivity contribution in [1.29, 1.82) is 0 Å². The molecule has 1 rings (SSSR count). The van der Waals surface area contributed by atoms with Gasteiger partial charge in [-0.2, -0.15) is 13.2 Å². The van der Waals surface area contributed by atoms with Gasteiger partial charge in [0.15, 0.2) is 0 Å². The van der Waals surface area contributed by atoms with E-state index in [2.05, 4.69) is 10.3 Å². The number of imidazole rings is 1. The van der Waals surface area contributed by atoms with E-state index in [4.69, 9.17) is 0 Å². The van der Waals surface area contributed by atoms with Crippen LogP contribution in [-0.2, 0) is 7.05 Å². The number of hydrogen-bond acceptors (Lipinski definition) is 2. The molecule has 13 heavy (non-hydrogen) atoms. The van der Waals surface area contributed by atoms with E-state index in [9.17, 15) is 13.2 Å². The minimum absolute atomic E-state index is 0.106. The number of nitrogens with one attached hydrogen (secondary N) is 1. The van der Waals surface area contributed by atoms with Gasteiger partial charge in [-0.15, -0.1) is 0 Å². The van der Waals surface area contributed by atoms with Crippen LogP contribution in [0.4, 0.5) is 13.2 Å². The fourth-order valence-electron chi connectivity index (χ4n) is 1.12. The van der Waals surface area contributed by atoms with Gasteiger partial charge < -0.3 is 9.88 Å². The average molecular weight is 193 g/mol. The lowest BCUT2D eigenvalue weighted by molar-refractivity contribution is -0.157. The van der Waals surface area contributed by atoms with Gasteiger partial charge in [0, 0.05) is 7.05 Å². The van der Waals surface area contributed by atoms with Gasteiger partial charge in [0.25, 0.3) is 0 Å². The maximum atomic E-state index is 12.4. The highest BCUT2D eigenvalue weighted by molar-refractivity contribution is 5.07. The summed E-state index contributed by atoms with van der Waals surface area (Å²) < 4.78 is 38.4. The molecule has 0 saturated heterocycles. The highest BCUT2D eigenvalue weighted by Gasteiger charge is 2.41. The van der Waals surface area contributed by atoms with Gasteiger partial charge in [-0.1, -0.05) is 0 Å². The molecule has 0 radical (unpaired) electrons. The molecule has 74 valence electrons. The Bertz CT molecular complexity index is 279. The van der Waals surface area contributed by atoms with Gasteiger partial charge in [-0.3, -0.25) is 0 Å². The molecule has 0 saturated carbocycles. The van der Waals surface area contributed by atoms with Crippen LogP contribution in [0.2, 0.25) is 0 Å². The molecule has 1 N–H and O–H groups in total. The first-order valence-electron chi connectivity index (χ1n) is 3.67. The summed E-state index contributed by atoms with van der Waals surface area (Å²) in [7, 11) is 2.80. The van der Waals surface area contributed by atoms with Crippen molar-refractivity contribution in [3.05, 3.63) is 18.2 Å². The van der Waals surface area contributed by atoms with Gasteiger partial charge in [0.05, 0.1) is 18.2 Å². The predicted octanol–water partition coefficient (Wildman–Crippen LogP) is 1.24. The highest BCUT2D eigenvalue weighted by Crippen LogP contribution is 2.31. The fraction of sp³-hybridized carbons (Fsp3) is 0.571. The molecular weight excluding hydrogens is 183 g/mol. The summed E-state index contributed by atoms with van der Waals surface area (Å²) in [6.07, 6.45) is -1.75. The van der Waals surface area contributed by atoms with Crippen LogP contribution in [0.5, 0.6) is 0 Å². The SMILES string of the molecule is CNC(c1cncn1C)C(F)(F)F. The molecule has 0 aliphatic carbocycles. The van der Waals surface area contributed by atoms with E-state index in [1.807, 2.05) is 0 Å². The number of hydrogen-bond donors (Lipinski definition) is 1. The monoisotopic (exact) mass is 193 g/mol. The van der Waals surface area contributed by atoms with Gasteiger partial charge >= 0.3 is 6.18 Å². The molecule has 0 aromatic carbocycles. The van der Waals surface area contributed by atoms with Crippen molar-refractivity contribution in [3.8, 4) is 0 Å². The van der Waals surface area contributed by atoms with Crippen molar-refractivity contribution >= 4 is 0 Å². The molecule has 0 fully saturated rings. The van der Waals surface area contributed by atoms with Crippen LogP contribution in [0.25, 0.3) is 0 Å². The van der Waals surface area contributed by atoms with Crippen LogP contribution in [0.3, 0.4) is 0 Å². The van der Waals surface area contributed by atoms with E-state index in [0.29, 0.717) is 0 Å². The zero-order valence-corrected chi connectivity index (χ0v) is 7.26. The Hall–Kier alpha value is -1.04. The van der Waals surface area contributed by atoms with Crippen molar-refractivity contribution in [1.82, 2.24) is 14.9 Å². The number of nitrogens with zero attached hydrogens (tertiary/aromatic N) is 2. The van der Waals surface area contributed by atoms with Crippen LogP contribution in [0.1, 0.15) is 11.7 Å². The van der Waals surface area contributed by atoms with E-state index < -0.39 is 12.2 Å². The molecule has 6 heteroatoms. The number of rotatable bonds is 2. The quantitative estimate of drug-likeness (QED) is 0.765. The highest BCUT2D eigenvalue weighted by atomic mass is 19.4. The third-order valence-corrected chi connectivity index (χ3v) is 1.77. The number of aromatic nitrogens is 2. The van der Waals surface area contributed by atoms with Crippen LogP contribution in [-0.4, -0.2) is 22.8 Å². The second kappa shape index (κ2) is 3.37. The normalized spacial score (nSPS) is 14.5. The van der Waals surface area contributed by atoms with Crippen LogP contribution >= 0.6 is 0 Å². The lowest BCUT2D eigenvalue weighted by atomic mass is 10.2. The maximum absolute atomic E-state index is 12.4. The zero-order valence-electron chi connectivity index (χ0n) is 7.26. The fourth-order valence-corrected chi connectivity index (χ4v) is 1.12. The third-order valence-electron chi connectivity index (χ3n) is 1.77. The van der Waals surface area contributed by atoms with E-state index in [1.165, 1.54) is 31.2 Å². The lowest BCUT2D eigenvalue weighted by Gasteiger charge is -2.19. The summed E-state index contributed by atoms with van der Waals surface area (Å²) in [4.78, 5) is 3.63. The third kappa shape index (κ3) is 2.00. The van der Waals surface area contributed by atoms with Crippen LogP contribution < -0.4 is 5.32 Å². The molecule has 1 heterocycles. The van der Waals surface area contributed by atoms with Crippen molar-refractivity contribution in [2.45, 2.75) is 12.2 Å². The van der Waals surface area contributed by atoms with E-state index >= 15 is 0 Å². The number of alkyl halides is 3. The predicted molar refractivity (Wildman–Crippen MR) is 41.1 cm³/mol. The molecule has 0 aliphatic heterocycles. The topological polar surface area (TPSA) is 29.9 Å². The summed E-state index contributed by atoms with van der Waals surface area (Å²) in [6.45, 7) is 0. The lowest BCUT2D eigenvalue weighted by Crippen LogP contribution is -2.33. The average Bonchev–Trinajstić information content (AvgIpc) is 2.35. The van der Waals surface area contributed by atoms with E-state index in [-0.39, 0.29) is 5.69 Å². The number of halogens is 3. The molecule has 0 aliphatic rings. The van der Waals surface area contributed by atoms with Gasteiger partial charge in [0.1, 0.15) is 6.04 Å². The Labute approximate surface area is 73.6 Å². The summed E-state index contributed by atoms with van der Waals surface area (Å²) in [6, 6.07) is -1.65. The molecule has 3 nitrogen and oxygen atoms in total. The summed E-state index contributed by atoms with van der Waals surface area (Å²) in [5.74, 6) is 0. The first kappa shape index (κ1) is 10.0. The molecule has 1 unspecified atom stereocenters. The second-order valence-corrected chi connectivity index (χ2v) is 2.69. The smallest absolute Gasteiger partial charge is 0.336 e. The van der Waals surface area contributed by atoms with Crippen LogP contribution in [0, 0.1) is 0 Å². The molecular formula is C7H10F3N3. The zero-order chi connectivity index (χ0) is 10.1. The molecule has 0 bridgehead atoms. The van der Waals surface area contributed by atoms with Crippen LogP contribution in [0.15, 0.2) is 12.5 Å². The van der Waals surface area contributed by atoms with E-state index in [1.54, 1.807) is 0 Å². The summed E-state index contributed by atoms with van der Waals surface area (Å²) >= 11 is 0. The van der Waals surface area contributed by atoms with Gasteiger partial charge in [0.2, 0.25) is 0 Å². The first-order valence-corrected chi connectivity index (χ1v) is 3.67. The standard InChI is InChI=1S/C7H10F3N3/c1-11-6(7(8,9)10)5-3-12-4-13(5)2/h3-4,6,11H,1-2H3. The first-order chi connectivity index (χ1) is 5.96. The van der Waals surface area contributed by atoms with Crippen molar-refractivity contribution in [2.24, 2.45) is 7.05 Å². The largest absolute Gasteiger partial charge is 0.409 e. The molecule has 1 atom stereocenters. The van der Waals surface area contributed by atoms with E-state index in [0.717, 1.165) is 0 Å². The summed E-state index contributed by atoms with van der Waals surface area (Å²) in [5, 5.41) is 2.20. The molecule has 0 spiro atoms. The van der Waals surface area contributed by atoms with Crippen molar-refractivity contribution in [3.63, 3.8) is 0 Å². The van der Waals surface area contributed by atoms with Crippen molar-refractivity contribution < 1.29 is 13.2 Å². The minimum Gasteiger partial charge on any atom is -0.336 e. The molecule has 0 amide bonds. The Morgan fingerprint density at radius 1 is 1.54 bits per heavy atom. The van der Waals surface area contributed by atoms with Gasteiger partial charge in [-0.25, -0.2) is 4.98 Å². The summed E-state index contributed by atoms with van der Waals surface area (Å²) in [5.41, 5.74) is 0.106. The molecule has 1 aromatic rings. The minimum atomic E-state index is -4.29. The van der Waals surface area contributed by atoms with Crippen molar-refractivity contribution in [2.75, 3.05) is 7.05 Å². The Morgan fingerprint density at radius 3 is 2.46 bits per heavy atom. The van der Waals surface area contributed by atoms with Gasteiger partial charge in [-0.05, 0) is 7.05 Å². The molecule has 1 aromatic heterocycles. The Morgan fingerprint density at radius 2 is 2.15 bits per heavy atom. The Kier molecular flexibility index (Phi) is 2.60. The number of aryl methyl sites for hydroxylation is 1. The maximum Gasteiger partial charge on any atom is 0.409 e. The second-order valence-electron chi connectivity index (χ2n) is 2.69.